The number of rotatable bonds is 7. The standard InChI is InChI=1S/C15H12ClN3O5S/c16-14-6-3-11(19(23)24)9-13(14)15(20)17-7-8-25-12-4-1-10(2-5-12)18(21)22/h1-6,9H,7-8H2,(H,17,20). The molecule has 0 spiro atoms. The summed E-state index contributed by atoms with van der Waals surface area (Å²) in [7, 11) is 0. The van der Waals surface area contributed by atoms with Crippen LogP contribution < -0.4 is 5.32 Å². The highest BCUT2D eigenvalue weighted by atomic mass is 35.5. The summed E-state index contributed by atoms with van der Waals surface area (Å²) in [5, 5.41) is 24.1. The van der Waals surface area contributed by atoms with E-state index in [0.717, 1.165) is 11.0 Å². The van der Waals surface area contributed by atoms with Gasteiger partial charge in [0.25, 0.3) is 17.3 Å². The van der Waals surface area contributed by atoms with E-state index in [2.05, 4.69) is 5.32 Å². The molecule has 8 nitrogen and oxygen atoms in total. The second-order valence-corrected chi connectivity index (χ2v) is 6.35. The minimum Gasteiger partial charge on any atom is -0.351 e. The van der Waals surface area contributed by atoms with E-state index in [1.165, 1.54) is 36.0 Å². The minimum absolute atomic E-state index is 0.0120. The fourth-order valence-electron chi connectivity index (χ4n) is 1.89. The van der Waals surface area contributed by atoms with Gasteiger partial charge < -0.3 is 5.32 Å². The van der Waals surface area contributed by atoms with Gasteiger partial charge in [-0.1, -0.05) is 11.6 Å². The molecule has 0 aliphatic rings. The van der Waals surface area contributed by atoms with Crippen molar-refractivity contribution in [3.8, 4) is 0 Å². The van der Waals surface area contributed by atoms with Gasteiger partial charge in [-0.15, -0.1) is 11.8 Å². The summed E-state index contributed by atoms with van der Waals surface area (Å²) in [4.78, 5) is 33.2. The number of hydrogen-bond acceptors (Lipinski definition) is 6. The first-order valence-corrected chi connectivity index (χ1v) is 8.34. The second-order valence-electron chi connectivity index (χ2n) is 4.78. The van der Waals surface area contributed by atoms with Crippen molar-refractivity contribution in [1.82, 2.24) is 5.32 Å². The normalized spacial score (nSPS) is 10.3. The quantitative estimate of drug-likeness (QED) is 0.338. The maximum absolute atomic E-state index is 12.1. The lowest BCUT2D eigenvalue weighted by Gasteiger charge is -2.07. The molecule has 0 aromatic heterocycles. The van der Waals surface area contributed by atoms with Gasteiger partial charge in [-0.25, -0.2) is 0 Å². The molecular weight excluding hydrogens is 370 g/mol. The van der Waals surface area contributed by atoms with E-state index in [9.17, 15) is 25.0 Å². The van der Waals surface area contributed by atoms with Crippen LogP contribution in [0.2, 0.25) is 5.02 Å². The Labute approximate surface area is 151 Å². The number of non-ortho nitro benzene ring substituents is 2. The lowest BCUT2D eigenvalue weighted by Crippen LogP contribution is -2.26. The number of carbonyl (C=O) groups excluding carboxylic acids is 1. The highest BCUT2D eigenvalue weighted by molar-refractivity contribution is 7.99. The third kappa shape index (κ3) is 5.16. The number of nitrogens with one attached hydrogen (secondary N) is 1. The van der Waals surface area contributed by atoms with E-state index >= 15 is 0 Å². The van der Waals surface area contributed by atoms with E-state index in [4.69, 9.17) is 11.6 Å². The molecule has 1 N–H and O–H groups in total. The monoisotopic (exact) mass is 381 g/mol. The Kier molecular flexibility index (Phi) is 6.31. The summed E-state index contributed by atoms with van der Waals surface area (Å²) in [6.07, 6.45) is 0. The van der Waals surface area contributed by atoms with Gasteiger partial charge in [0.15, 0.2) is 0 Å². The molecule has 10 heteroatoms. The first-order chi connectivity index (χ1) is 11.9. The first kappa shape index (κ1) is 18.7. The molecule has 0 fully saturated rings. The Balaban J connectivity index is 1.87. The SMILES string of the molecule is O=C(NCCSc1ccc([N+](=O)[O-])cc1)c1cc([N+](=O)[O-])ccc1Cl. The summed E-state index contributed by atoms with van der Waals surface area (Å²) < 4.78 is 0. The van der Waals surface area contributed by atoms with Crippen LogP contribution in [0.4, 0.5) is 11.4 Å². The van der Waals surface area contributed by atoms with Crippen molar-refractivity contribution >= 4 is 40.6 Å². The largest absolute Gasteiger partial charge is 0.351 e. The zero-order chi connectivity index (χ0) is 18.4. The van der Waals surface area contributed by atoms with Crippen molar-refractivity contribution in [2.75, 3.05) is 12.3 Å². The van der Waals surface area contributed by atoms with Crippen LogP contribution >= 0.6 is 23.4 Å². The van der Waals surface area contributed by atoms with Gasteiger partial charge in [0.1, 0.15) is 0 Å². The summed E-state index contributed by atoms with van der Waals surface area (Å²) in [6, 6.07) is 9.72. The van der Waals surface area contributed by atoms with Gasteiger partial charge in [0.2, 0.25) is 0 Å². The van der Waals surface area contributed by atoms with E-state index in [1.54, 1.807) is 12.1 Å². The highest BCUT2D eigenvalue weighted by Crippen LogP contribution is 2.23. The third-order valence-electron chi connectivity index (χ3n) is 3.11. The van der Waals surface area contributed by atoms with Crippen LogP contribution in [0.25, 0.3) is 0 Å². The highest BCUT2D eigenvalue weighted by Gasteiger charge is 2.15. The number of benzene rings is 2. The molecule has 0 aliphatic heterocycles. The van der Waals surface area contributed by atoms with Crippen molar-refractivity contribution in [2.45, 2.75) is 4.90 Å². The zero-order valence-electron chi connectivity index (χ0n) is 12.7. The van der Waals surface area contributed by atoms with Crippen LogP contribution in [-0.2, 0) is 0 Å². The van der Waals surface area contributed by atoms with Crippen LogP contribution in [0.15, 0.2) is 47.4 Å². The molecule has 2 aromatic carbocycles. The van der Waals surface area contributed by atoms with Crippen molar-refractivity contribution in [3.63, 3.8) is 0 Å². The maximum atomic E-state index is 12.1. The van der Waals surface area contributed by atoms with E-state index in [-0.39, 0.29) is 22.0 Å². The Morgan fingerprint density at radius 3 is 2.24 bits per heavy atom. The van der Waals surface area contributed by atoms with Gasteiger partial charge in [0.05, 0.1) is 20.4 Å². The number of carbonyl (C=O) groups is 1. The average Bonchev–Trinajstić information content (AvgIpc) is 2.59. The molecule has 2 rings (SSSR count). The first-order valence-electron chi connectivity index (χ1n) is 6.98. The lowest BCUT2D eigenvalue weighted by atomic mass is 10.2. The Morgan fingerprint density at radius 2 is 1.64 bits per heavy atom. The molecule has 0 heterocycles. The third-order valence-corrected chi connectivity index (χ3v) is 4.45. The van der Waals surface area contributed by atoms with Crippen molar-refractivity contribution in [2.24, 2.45) is 0 Å². The number of nitro benzene ring substituents is 2. The molecule has 0 saturated carbocycles. The van der Waals surface area contributed by atoms with Gasteiger partial charge in [-0.2, -0.15) is 0 Å². The summed E-state index contributed by atoms with van der Waals surface area (Å²) in [5.74, 6) is 0.0221. The molecule has 130 valence electrons. The van der Waals surface area contributed by atoms with Crippen molar-refractivity contribution in [1.29, 1.82) is 0 Å². The Hall–Kier alpha value is -2.65. The maximum Gasteiger partial charge on any atom is 0.270 e. The van der Waals surface area contributed by atoms with Gasteiger partial charge in [-0.05, 0) is 18.2 Å². The van der Waals surface area contributed by atoms with Crippen LogP contribution in [0, 0.1) is 20.2 Å². The fraction of sp³-hybridized carbons (Fsp3) is 0.133. The molecule has 0 unspecified atom stereocenters. The molecule has 0 radical (unpaired) electrons. The van der Waals surface area contributed by atoms with Crippen molar-refractivity contribution in [3.05, 3.63) is 73.3 Å². The predicted octanol–water partition coefficient (Wildman–Crippen LogP) is 3.68. The van der Waals surface area contributed by atoms with E-state index in [1.807, 2.05) is 0 Å². The molecule has 2 aromatic rings. The van der Waals surface area contributed by atoms with Gasteiger partial charge in [0, 0.05) is 41.5 Å². The van der Waals surface area contributed by atoms with E-state index in [0.29, 0.717) is 12.3 Å². The lowest BCUT2D eigenvalue weighted by molar-refractivity contribution is -0.385. The van der Waals surface area contributed by atoms with Gasteiger partial charge in [-0.3, -0.25) is 25.0 Å². The second kappa shape index (κ2) is 8.45. The summed E-state index contributed by atoms with van der Waals surface area (Å²) in [5.41, 5.74) is -0.163. The number of amides is 1. The van der Waals surface area contributed by atoms with E-state index < -0.39 is 15.8 Å². The topological polar surface area (TPSA) is 115 Å². The molecule has 0 aliphatic carbocycles. The zero-order valence-corrected chi connectivity index (χ0v) is 14.2. The number of hydrogen-bond donors (Lipinski definition) is 1. The van der Waals surface area contributed by atoms with Crippen LogP contribution in [0.5, 0.6) is 0 Å². The smallest absolute Gasteiger partial charge is 0.270 e. The minimum atomic E-state index is -0.600. The summed E-state index contributed by atoms with van der Waals surface area (Å²) in [6.45, 7) is 0.305. The van der Waals surface area contributed by atoms with Crippen LogP contribution in [0.3, 0.4) is 0 Å². The van der Waals surface area contributed by atoms with Gasteiger partial charge >= 0.3 is 0 Å². The molecule has 0 bridgehead atoms. The number of halogens is 1. The summed E-state index contributed by atoms with van der Waals surface area (Å²) >= 11 is 7.31. The molecule has 0 atom stereocenters. The Bertz CT molecular complexity index is 813. The number of nitrogens with zero attached hydrogens (tertiary/aromatic N) is 2. The molecule has 0 saturated heterocycles. The fourth-order valence-corrected chi connectivity index (χ4v) is 2.87. The van der Waals surface area contributed by atoms with Crippen LogP contribution in [0.1, 0.15) is 10.4 Å². The predicted molar refractivity (Wildman–Crippen MR) is 94.3 cm³/mol. The number of thioether (sulfide) groups is 1. The molecular formula is C15H12ClN3O5S. The van der Waals surface area contributed by atoms with Crippen molar-refractivity contribution < 1.29 is 14.6 Å². The molecule has 1 amide bonds. The van der Waals surface area contributed by atoms with Crippen LogP contribution in [-0.4, -0.2) is 28.1 Å². The number of nitro groups is 2. The molecule has 25 heavy (non-hydrogen) atoms. The Morgan fingerprint density at radius 1 is 1.04 bits per heavy atom. The average molecular weight is 382 g/mol.